The standard InChI is InChI=1S/C33H37ClN6O3/c1-21-9-11-25(12-10-21)40-29(19-28(38-40)33(2,3)4)37-32(43)36-27-8-6-5-7-23(27)17-22-13-15-39(16-14-22)31(42)24-18-26(34)30(41)35-20-24/h5-12,18-20,22H,13-17H2,1-4H3,(H,35,41)(H2,36,37,43). The molecule has 0 radical (unpaired) electrons. The van der Waals surface area contributed by atoms with Gasteiger partial charge in [-0.05, 0) is 61.9 Å². The van der Waals surface area contributed by atoms with Crippen LogP contribution in [0.25, 0.3) is 5.69 Å². The molecule has 0 saturated carbocycles. The molecular weight excluding hydrogens is 564 g/mol. The van der Waals surface area contributed by atoms with Crippen molar-refractivity contribution in [2.24, 2.45) is 5.92 Å². The molecule has 5 rings (SSSR count). The highest BCUT2D eigenvalue weighted by molar-refractivity contribution is 6.30. The molecule has 3 N–H and O–H groups in total. The number of halogens is 1. The number of urea groups is 1. The molecule has 0 atom stereocenters. The average Bonchev–Trinajstić information content (AvgIpc) is 3.40. The maximum atomic E-state index is 13.3. The molecule has 0 spiro atoms. The molecule has 1 aliphatic heterocycles. The summed E-state index contributed by atoms with van der Waals surface area (Å²) in [5, 5.41) is 10.9. The van der Waals surface area contributed by atoms with E-state index in [1.165, 1.54) is 12.3 Å². The second-order valence-corrected chi connectivity index (χ2v) is 12.6. The van der Waals surface area contributed by atoms with Gasteiger partial charge in [0.05, 0.1) is 16.9 Å². The van der Waals surface area contributed by atoms with E-state index in [2.05, 4.69) is 36.4 Å². The summed E-state index contributed by atoms with van der Waals surface area (Å²) in [7, 11) is 0. The van der Waals surface area contributed by atoms with Gasteiger partial charge < -0.3 is 15.2 Å². The van der Waals surface area contributed by atoms with E-state index in [1.807, 2.05) is 61.5 Å². The first-order valence-corrected chi connectivity index (χ1v) is 14.9. The van der Waals surface area contributed by atoms with Gasteiger partial charge in [0.25, 0.3) is 11.5 Å². The number of anilines is 2. The molecule has 1 fully saturated rings. The van der Waals surface area contributed by atoms with Gasteiger partial charge in [-0.3, -0.25) is 14.9 Å². The van der Waals surface area contributed by atoms with Crippen molar-refractivity contribution in [1.29, 1.82) is 0 Å². The molecule has 1 saturated heterocycles. The Morgan fingerprint density at radius 3 is 2.40 bits per heavy atom. The van der Waals surface area contributed by atoms with Crippen molar-refractivity contribution in [3.63, 3.8) is 0 Å². The predicted octanol–water partition coefficient (Wildman–Crippen LogP) is 6.56. The largest absolute Gasteiger partial charge is 0.339 e. The third-order valence-corrected chi connectivity index (χ3v) is 8.06. The minimum atomic E-state index is -0.413. The summed E-state index contributed by atoms with van der Waals surface area (Å²) in [5.41, 5.74) is 4.44. The SMILES string of the molecule is Cc1ccc(-n2nc(C(C)(C)C)cc2NC(=O)Nc2ccccc2CC2CCN(C(=O)c3c[nH]c(=O)c(Cl)c3)CC2)cc1. The number of amides is 3. The molecule has 0 aliphatic carbocycles. The van der Waals surface area contributed by atoms with Crippen molar-refractivity contribution in [3.05, 3.63) is 105 Å². The Labute approximate surface area is 256 Å². The highest BCUT2D eigenvalue weighted by Gasteiger charge is 2.26. The van der Waals surface area contributed by atoms with Crippen molar-refractivity contribution in [1.82, 2.24) is 19.7 Å². The van der Waals surface area contributed by atoms with E-state index in [4.69, 9.17) is 16.7 Å². The first-order chi connectivity index (χ1) is 20.5. The number of benzene rings is 2. The molecule has 0 unspecified atom stereocenters. The molecule has 2 aromatic carbocycles. The third kappa shape index (κ3) is 7.17. The second kappa shape index (κ2) is 12.5. The molecule has 43 heavy (non-hydrogen) atoms. The number of aryl methyl sites for hydroxylation is 1. The number of hydrogen-bond donors (Lipinski definition) is 3. The van der Waals surface area contributed by atoms with Crippen LogP contribution in [0.2, 0.25) is 5.02 Å². The zero-order valence-corrected chi connectivity index (χ0v) is 25.7. The summed E-state index contributed by atoms with van der Waals surface area (Å²) in [6.45, 7) is 9.52. The molecule has 9 nitrogen and oxygen atoms in total. The number of aromatic nitrogens is 3. The van der Waals surface area contributed by atoms with E-state index in [0.717, 1.165) is 47.5 Å². The minimum absolute atomic E-state index is 0.00290. The number of piperidine rings is 1. The minimum Gasteiger partial charge on any atom is -0.339 e. The second-order valence-electron chi connectivity index (χ2n) is 12.2. The van der Waals surface area contributed by atoms with Crippen molar-refractivity contribution < 1.29 is 9.59 Å². The lowest BCUT2D eigenvalue weighted by molar-refractivity contribution is 0.0690. The fraction of sp³-hybridized carbons (Fsp3) is 0.333. The number of H-pyrrole nitrogens is 1. The van der Waals surface area contributed by atoms with Gasteiger partial charge in [-0.15, -0.1) is 0 Å². The zero-order chi connectivity index (χ0) is 30.7. The van der Waals surface area contributed by atoms with Gasteiger partial charge in [0.15, 0.2) is 0 Å². The first-order valence-electron chi connectivity index (χ1n) is 14.5. The summed E-state index contributed by atoms with van der Waals surface area (Å²) in [6.07, 6.45) is 3.84. The van der Waals surface area contributed by atoms with Crippen LogP contribution in [-0.4, -0.2) is 44.7 Å². The monoisotopic (exact) mass is 600 g/mol. The first kappa shape index (κ1) is 30.1. The van der Waals surface area contributed by atoms with E-state index in [0.29, 0.717) is 30.4 Å². The van der Waals surface area contributed by atoms with Crippen LogP contribution in [0.1, 0.15) is 60.8 Å². The number of hydrogen-bond acceptors (Lipinski definition) is 4. The molecule has 10 heteroatoms. The molecule has 2 aromatic heterocycles. The predicted molar refractivity (Wildman–Crippen MR) is 170 cm³/mol. The number of carbonyl (C=O) groups excluding carboxylic acids is 2. The van der Waals surface area contributed by atoms with Gasteiger partial charge in [0.1, 0.15) is 10.8 Å². The Kier molecular flexibility index (Phi) is 8.73. The van der Waals surface area contributed by atoms with Crippen LogP contribution in [0.4, 0.5) is 16.3 Å². The van der Waals surface area contributed by atoms with Crippen molar-refractivity contribution in [2.75, 3.05) is 23.7 Å². The summed E-state index contributed by atoms with van der Waals surface area (Å²) in [4.78, 5) is 42.1. The third-order valence-electron chi connectivity index (χ3n) is 7.78. The Bertz CT molecular complexity index is 1680. The summed E-state index contributed by atoms with van der Waals surface area (Å²) in [5.74, 6) is 0.797. The normalized spacial score (nSPS) is 14.0. The molecule has 224 valence electrons. The number of nitrogens with one attached hydrogen (secondary N) is 3. The van der Waals surface area contributed by atoms with Crippen LogP contribution in [0.15, 0.2) is 71.7 Å². The lowest BCUT2D eigenvalue weighted by Crippen LogP contribution is -2.39. The summed E-state index contributed by atoms with van der Waals surface area (Å²) < 4.78 is 1.77. The zero-order valence-electron chi connectivity index (χ0n) is 24.9. The smallest absolute Gasteiger partial charge is 0.324 e. The molecular formula is C33H37ClN6O3. The van der Waals surface area contributed by atoms with Crippen LogP contribution < -0.4 is 16.2 Å². The molecule has 4 aromatic rings. The molecule has 0 bridgehead atoms. The molecule has 3 heterocycles. The van der Waals surface area contributed by atoms with E-state index in [1.54, 1.807) is 9.58 Å². The fourth-order valence-electron chi connectivity index (χ4n) is 5.22. The summed E-state index contributed by atoms with van der Waals surface area (Å²) >= 11 is 5.91. The van der Waals surface area contributed by atoms with Crippen LogP contribution in [0.5, 0.6) is 0 Å². The Balaban J connectivity index is 1.24. The van der Waals surface area contributed by atoms with Gasteiger partial charge in [-0.25, -0.2) is 9.48 Å². The van der Waals surface area contributed by atoms with E-state index >= 15 is 0 Å². The van der Waals surface area contributed by atoms with Crippen molar-refractivity contribution >= 4 is 35.0 Å². The van der Waals surface area contributed by atoms with E-state index in [-0.39, 0.29) is 22.4 Å². The number of para-hydroxylation sites is 1. The van der Waals surface area contributed by atoms with Crippen LogP contribution >= 0.6 is 11.6 Å². The van der Waals surface area contributed by atoms with Crippen molar-refractivity contribution in [2.45, 2.75) is 52.4 Å². The van der Waals surface area contributed by atoms with E-state index < -0.39 is 5.56 Å². The van der Waals surface area contributed by atoms with Gasteiger partial charge in [0, 0.05) is 36.5 Å². The van der Waals surface area contributed by atoms with Crippen LogP contribution in [0, 0.1) is 12.8 Å². The molecule has 1 aliphatic rings. The Morgan fingerprint density at radius 2 is 1.72 bits per heavy atom. The van der Waals surface area contributed by atoms with Crippen molar-refractivity contribution in [3.8, 4) is 5.69 Å². The number of nitrogens with zero attached hydrogens (tertiary/aromatic N) is 3. The highest BCUT2D eigenvalue weighted by Crippen LogP contribution is 2.29. The maximum absolute atomic E-state index is 13.3. The number of pyridine rings is 1. The average molecular weight is 601 g/mol. The Hall–Kier alpha value is -4.37. The quantitative estimate of drug-likeness (QED) is 0.233. The topological polar surface area (TPSA) is 112 Å². The number of rotatable bonds is 6. The number of likely N-dealkylation sites (tertiary alicyclic amines) is 1. The van der Waals surface area contributed by atoms with Gasteiger partial charge >= 0.3 is 6.03 Å². The number of aromatic amines is 1. The summed E-state index contributed by atoms with van der Waals surface area (Å²) in [6, 6.07) is 18.8. The highest BCUT2D eigenvalue weighted by atomic mass is 35.5. The maximum Gasteiger partial charge on any atom is 0.324 e. The fourth-order valence-corrected chi connectivity index (χ4v) is 5.39. The van der Waals surface area contributed by atoms with Gasteiger partial charge in [-0.1, -0.05) is 68.3 Å². The van der Waals surface area contributed by atoms with Crippen LogP contribution in [-0.2, 0) is 11.8 Å². The van der Waals surface area contributed by atoms with Gasteiger partial charge in [-0.2, -0.15) is 5.10 Å². The van der Waals surface area contributed by atoms with Gasteiger partial charge in [0.2, 0.25) is 0 Å². The van der Waals surface area contributed by atoms with Crippen LogP contribution in [0.3, 0.4) is 0 Å². The number of carbonyl (C=O) groups is 2. The lowest BCUT2D eigenvalue weighted by atomic mass is 9.89. The van der Waals surface area contributed by atoms with E-state index in [9.17, 15) is 14.4 Å². The Morgan fingerprint density at radius 1 is 1.02 bits per heavy atom. The lowest BCUT2D eigenvalue weighted by Gasteiger charge is -2.32. The molecule has 3 amide bonds.